The number of nitrogens with one attached hydrogen (secondary N) is 4. The molecule has 0 bridgehead atoms. The van der Waals surface area contributed by atoms with Crippen LogP contribution in [-0.2, 0) is 21.4 Å². The van der Waals surface area contributed by atoms with E-state index in [9.17, 15) is 24.6 Å². The number of rotatable bonds is 4. The normalized spacial score (nSPS) is 32.2. The van der Waals surface area contributed by atoms with Gasteiger partial charge in [0.1, 0.15) is 12.1 Å². The van der Waals surface area contributed by atoms with Gasteiger partial charge < -0.3 is 15.5 Å². The molecular formula is C26H36N8O5+2. The van der Waals surface area contributed by atoms with E-state index in [2.05, 4.69) is 40.9 Å². The highest BCUT2D eigenvalue weighted by molar-refractivity contribution is 6.02. The van der Waals surface area contributed by atoms with E-state index in [0.29, 0.717) is 5.56 Å². The molecule has 4 aliphatic heterocycles. The molecule has 2 fully saturated rings. The number of guanidine groups is 2. The topological polar surface area (TPSA) is 200 Å². The van der Waals surface area contributed by atoms with Crippen LogP contribution >= 0.6 is 0 Å². The molecule has 5 aliphatic rings. The number of nitrogens with zero attached hydrogens (tertiary/aromatic N) is 2. The van der Waals surface area contributed by atoms with Crippen LogP contribution in [0.2, 0.25) is 0 Å². The molecule has 1 spiro atoms. The van der Waals surface area contributed by atoms with Gasteiger partial charge >= 0.3 is 11.9 Å². The van der Waals surface area contributed by atoms with E-state index in [1.54, 1.807) is 6.07 Å². The summed E-state index contributed by atoms with van der Waals surface area (Å²) in [6, 6.07) is 2.99. The molecular weight excluding hydrogens is 504 g/mol. The van der Waals surface area contributed by atoms with E-state index in [1.165, 1.54) is 4.58 Å². The fourth-order valence-electron chi connectivity index (χ4n) is 7.20. The fraction of sp³-hybridized carbons (Fsp3) is 0.577. The van der Waals surface area contributed by atoms with Gasteiger partial charge in [-0.3, -0.25) is 41.1 Å². The van der Waals surface area contributed by atoms with Crippen LogP contribution in [0.4, 0.5) is 0 Å². The Morgan fingerprint density at radius 3 is 2.64 bits per heavy atom. The molecule has 2 saturated heterocycles. The minimum atomic E-state index is -2.56. The Labute approximate surface area is 225 Å². The minimum absolute atomic E-state index is 0.0369. The molecule has 13 heteroatoms. The molecule has 39 heavy (non-hydrogen) atoms. The first-order chi connectivity index (χ1) is 18.4. The Balaban J connectivity index is 1.32. The van der Waals surface area contributed by atoms with Crippen molar-refractivity contribution < 1.29 is 34.2 Å². The van der Waals surface area contributed by atoms with Gasteiger partial charge in [0.2, 0.25) is 11.8 Å². The summed E-state index contributed by atoms with van der Waals surface area (Å²) in [5, 5.41) is 32.4. The molecule has 1 aromatic rings. The van der Waals surface area contributed by atoms with Gasteiger partial charge in [-0.15, -0.1) is 0 Å². The third-order valence-corrected chi connectivity index (χ3v) is 9.17. The maximum atomic E-state index is 13.6. The lowest BCUT2D eigenvalue weighted by molar-refractivity contribution is -0.674. The first kappa shape index (κ1) is 25.6. The van der Waals surface area contributed by atoms with Gasteiger partial charge in [0.25, 0.3) is 17.4 Å². The van der Waals surface area contributed by atoms with Gasteiger partial charge in [-0.2, -0.15) is 0 Å². The Morgan fingerprint density at radius 1 is 1.21 bits per heavy atom. The van der Waals surface area contributed by atoms with Crippen LogP contribution in [0.25, 0.3) is 0 Å². The van der Waals surface area contributed by atoms with Crippen molar-refractivity contribution in [2.75, 3.05) is 13.1 Å². The van der Waals surface area contributed by atoms with Crippen LogP contribution in [-0.4, -0.2) is 92.0 Å². The number of fused-ring (bicyclic) bond motifs is 1. The monoisotopic (exact) mass is 540 g/mol. The highest BCUT2D eigenvalue weighted by Crippen LogP contribution is 2.40. The summed E-state index contributed by atoms with van der Waals surface area (Å²) in [6.45, 7) is 4.25. The van der Waals surface area contributed by atoms with Crippen LogP contribution < -0.4 is 32.4 Å². The predicted octanol–water partition coefficient (Wildman–Crippen LogP) is -4.40. The lowest BCUT2D eigenvalue weighted by Gasteiger charge is -2.41. The Kier molecular flexibility index (Phi) is 5.50. The Morgan fingerprint density at radius 2 is 1.92 bits per heavy atom. The number of benzene rings is 1. The standard InChI is InChI=1S/C26H34N8O5/c1-24(2)10-4-6-13-14(5-3-7-15(13)24)21(37)30-17-12-34-23(28)29-16(11-33-18(35)8-9-19(33)36)20-25(34,26(17,38)39)32-22(27)31-20/h3,5,7,16-17,20,38-39H,4,6,8-12H2,1-2H3,(H6,27,28,29,30,31,32,37)/p+2/t16-,17?,20-,25?/m0/s1. The fourth-order valence-corrected chi connectivity index (χ4v) is 7.20. The molecule has 3 amide bonds. The molecule has 2 unspecified atom stereocenters. The third kappa shape index (κ3) is 3.55. The number of aliphatic hydroxyl groups is 2. The Bertz CT molecular complexity index is 1340. The van der Waals surface area contributed by atoms with Gasteiger partial charge in [0.15, 0.2) is 6.04 Å². The summed E-state index contributed by atoms with van der Waals surface area (Å²) in [4.78, 5) is 42.4. The largest absolute Gasteiger partial charge is 0.358 e. The van der Waals surface area contributed by atoms with Crippen molar-refractivity contribution in [2.24, 2.45) is 11.5 Å². The lowest BCUT2D eigenvalue weighted by Crippen LogP contribution is -2.92. The number of likely N-dealkylation sites (tertiary alicyclic amines) is 1. The molecule has 0 aromatic heterocycles. The lowest BCUT2D eigenvalue weighted by atomic mass is 9.71. The SMILES string of the molecule is CC1(C)CCCc2c(C(=O)NC3C[N+]4=C(N)N[C@@H](CN5C(=O)CCC5=O)[C@@H]5[NH+]=C(N)NC54C3(O)O)cccc21. The van der Waals surface area contributed by atoms with Gasteiger partial charge in [-0.1, -0.05) is 26.0 Å². The molecule has 0 saturated carbocycles. The zero-order chi connectivity index (χ0) is 27.9. The summed E-state index contributed by atoms with van der Waals surface area (Å²) in [5.74, 6) is -3.39. The highest BCUT2D eigenvalue weighted by atomic mass is 16.5. The van der Waals surface area contributed by atoms with Crippen LogP contribution in [0.5, 0.6) is 0 Å². The van der Waals surface area contributed by atoms with Crippen molar-refractivity contribution in [3.8, 4) is 0 Å². The number of nitrogens with two attached hydrogens (primary N) is 2. The van der Waals surface area contributed by atoms with E-state index in [-0.39, 0.29) is 55.1 Å². The average Bonchev–Trinajstić information content (AvgIpc) is 3.46. The molecule has 1 aliphatic carbocycles. The third-order valence-electron chi connectivity index (χ3n) is 9.17. The van der Waals surface area contributed by atoms with E-state index in [1.807, 2.05) is 6.07 Å². The number of carbonyl (C=O) groups is 3. The number of hydrogen-bond acceptors (Lipinski definition) is 9. The van der Waals surface area contributed by atoms with Crippen LogP contribution in [0.1, 0.15) is 61.0 Å². The molecule has 1 aromatic carbocycles. The van der Waals surface area contributed by atoms with Crippen LogP contribution in [0, 0.1) is 0 Å². The second kappa shape index (κ2) is 8.39. The van der Waals surface area contributed by atoms with E-state index in [0.717, 1.165) is 35.3 Å². The van der Waals surface area contributed by atoms with Crippen molar-refractivity contribution in [3.63, 3.8) is 0 Å². The molecule has 13 nitrogen and oxygen atoms in total. The summed E-state index contributed by atoms with van der Waals surface area (Å²) in [6.07, 6.45) is 3.01. The second-order valence-electron chi connectivity index (χ2n) is 11.9. The average molecular weight is 541 g/mol. The van der Waals surface area contributed by atoms with Gasteiger partial charge in [-0.25, -0.2) is 9.89 Å². The van der Waals surface area contributed by atoms with Gasteiger partial charge in [0.05, 0.1) is 13.1 Å². The van der Waals surface area contributed by atoms with Crippen molar-refractivity contribution in [1.82, 2.24) is 20.9 Å². The Hall–Kier alpha value is -3.71. The quantitative estimate of drug-likeness (QED) is 0.105. The van der Waals surface area contributed by atoms with Gasteiger partial charge in [0, 0.05) is 18.4 Å². The molecule has 4 heterocycles. The molecule has 6 rings (SSSR count). The van der Waals surface area contributed by atoms with E-state index in [4.69, 9.17) is 11.5 Å². The van der Waals surface area contributed by atoms with Gasteiger partial charge in [-0.05, 0) is 41.9 Å². The summed E-state index contributed by atoms with van der Waals surface area (Å²) in [5.41, 5.74) is 13.4. The molecule has 208 valence electrons. The number of hydrogen-bond donors (Lipinski definition) is 8. The summed E-state index contributed by atoms with van der Waals surface area (Å²) < 4.78 is 1.53. The number of amides is 3. The van der Waals surface area contributed by atoms with Crippen molar-refractivity contribution in [2.45, 2.75) is 80.9 Å². The summed E-state index contributed by atoms with van der Waals surface area (Å²) in [7, 11) is 0. The zero-order valence-electron chi connectivity index (χ0n) is 22.1. The van der Waals surface area contributed by atoms with Crippen molar-refractivity contribution >= 4 is 29.6 Å². The van der Waals surface area contributed by atoms with E-state index >= 15 is 0 Å². The first-order valence-electron chi connectivity index (χ1n) is 13.4. The first-order valence-corrected chi connectivity index (χ1v) is 13.4. The zero-order valence-corrected chi connectivity index (χ0v) is 22.1. The summed E-state index contributed by atoms with van der Waals surface area (Å²) >= 11 is 0. The van der Waals surface area contributed by atoms with Crippen molar-refractivity contribution in [1.29, 1.82) is 0 Å². The maximum absolute atomic E-state index is 13.6. The molecule has 10 N–H and O–H groups in total. The number of carbonyl (C=O) groups excluding carboxylic acids is 3. The van der Waals surface area contributed by atoms with Crippen LogP contribution in [0.15, 0.2) is 18.2 Å². The van der Waals surface area contributed by atoms with Crippen LogP contribution in [0.3, 0.4) is 0 Å². The molecule has 0 radical (unpaired) electrons. The number of imide groups is 1. The minimum Gasteiger partial charge on any atom is -0.358 e. The van der Waals surface area contributed by atoms with Crippen molar-refractivity contribution in [3.05, 3.63) is 34.9 Å². The maximum Gasteiger partial charge on any atom is 0.347 e. The predicted molar refractivity (Wildman–Crippen MR) is 138 cm³/mol. The second-order valence-corrected chi connectivity index (χ2v) is 11.9. The smallest absolute Gasteiger partial charge is 0.347 e. The van der Waals surface area contributed by atoms with E-state index < -0.39 is 35.5 Å². The highest BCUT2D eigenvalue weighted by Gasteiger charge is 2.78. The molecule has 4 atom stereocenters.